The van der Waals surface area contributed by atoms with E-state index in [1.165, 1.54) is 36.9 Å². The molecule has 1 aromatic rings. The van der Waals surface area contributed by atoms with Crippen molar-refractivity contribution in [1.82, 2.24) is 5.32 Å². The van der Waals surface area contributed by atoms with Crippen LogP contribution in [0.15, 0.2) is 16.6 Å². The van der Waals surface area contributed by atoms with E-state index in [2.05, 4.69) is 47.2 Å². The predicted molar refractivity (Wildman–Crippen MR) is 81.9 cm³/mol. The molecule has 2 heterocycles. The standard InChI is InChI=1S/C16H22BrNO/c1-16(2)10-12-7-11(9-14(17)15(12)19-16)8-13-5-3-4-6-18-13/h7,9,13,18H,3-6,8,10H2,1-2H3. The topological polar surface area (TPSA) is 21.3 Å². The highest BCUT2D eigenvalue weighted by Gasteiger charge is 2.32. The van der Waals surface area contributed by atoms with Gasteiger partial charge in [-0.2, -0.15) is 0 Å². The molecule has 1 fully saturated rings. The van der Waals surface area contributed by atoms with E-state index in [1.807, 2.05) is 0 Å². The lowest BCUT2D eigenvalue weighted by Crippen LogP contribution is -2.35. The van der Waals surface area contributed by atoms with E-state index >= 15 is 0 Å². The van der Waals surface area contributed by atoms with E-state index in [-0.39, 0.29) is 5.60 Å². The summed E-state index contributed by atoms with van der Waals surface area (Å²) in [7, 11) is 0. The maximum atomic E-state index is 6.01. The summed E-state index contributed by atoms with van der Waals surface area (Å²) in [5.74, 6) is 1.05. The van der Waals surface area contributed by atoms with Crippen molar-refractivity contribution in [3.05, 3.63) is 27.7 Å². The molecule has 2 nitrogen and oxygen atoms in total. The largest absolute Gasteiger partial charge is 0.486 e. The van der Waals surface area contributed by atoms with Crippen LogP contribution in [0.2, 0.25) is 0 Å². The maximum absolute atomic E-state index is 6.01. The van der Waals surface area contributed by atoms with Gasteiger partial charge in [0, 0.05) is 12.5 Å². The van der Waals surface area contributed by atoms with Crippen molar-refractivity contribution in [3.63, 3.8) is 0 Å². The van der Waals surface area contributed by atoms with Crippen LogP contribution >= 0.6 is 15.9 Å². The Kier molecular flexibility index (Phi) is 3.61. The number of halogens is 1. The molecule has 1 N–H and O–H groups in total. The van der Waals surface area contributed by atoms with Gasteiger partial charge in [-0.25, -0.2) is 0 Å². The van der Waals surface area contributed by atoms with Gasteiger partial charge < -0.3 is 10.1 Å². The van der Waals surface area contributed by atoms with Gasteiger partial charge in [0.2, 0.25) is 0 Å². The maximum Gasteiger partial charge on any atom is 0.137 e. The summed E-state index contributed by atoms with van der Waals surface area (Å²) in [4.78, 5) is 0. The number of rotatable bonds is 2. The van der Waals surface area contributed by atoms with Gasteiger partial charge in [-0.05, 0) is 72.8 Å². The molecule has 0 aliphatic carbocycles. The van der Waals surface area contributed by atoms with Crippen molar-refractivity contribution in [3.8, 4) is 5.75 Å². The van der Waals surface area contributed by atoms with Crippen molar-refractivity contribution in [2.45, 2.75) is 57.6 Å². The van der Waals surface area contributed by atoms with Gasteiger partial charge in [0.1, 0.15) is 11.4 Å². The van der Waals surface area contributed by atoms with Crippen LogP contribution in [-0.2, 0) is 12.8 Å². The van der Waals surface area contributed by atoms with Crippen LogP contribution < -0.4 is 10.1 Å². The van der Waals surface area contributed by atoms with Gasteiger partial charge in [0.15, 0.2) is 0 Å². The first kappa shape index (κ1) is 13.4. The summed E-state index contributed by atoms with van der Waals surface area (Å²) < 4.78 is 7.12. The van der Waals surface area contributed by atoms with Gasteiger partial charge in [-0.3, -0.25) is 0 Å². The normalized spacial score (nSPS) is 24.9. The Morgan fingerprint density at radius 1 is 1.37 bits per heavy atom. The first-order chi connectivity index (χ1) is 9.03. The van der Waals surface area contributed by atoms with E-state index in [9.17, 15) is 0 Å². The van der Waals surface area contributed by atoms with Gasteiger partial charge in [-0.1, -0.05) is 12.5 Å². The molecule has 19 heavy (non-hydrogen) atoms. The molecule has 2 aliphatic heterocycles. The number of fused-ring (bicyclic) bond motifs is 1. The van der Waals surface area contributed by atoms with Gasteiger partial charge in [-0.15, -0.1) is 0 Å². The number of piperidine rings is 1. The smallest absolute Gasteiger partial charge is 0.137 e. The SMILES string of the molecule is CC1(C)Cc2cc(CC3CCCCN3)cc(Br)c2O1. The zero-order valence-electron chi connectivity index (χ0n) is 11.8. The third-order valence-electron chi connectivity index (χ3n) is 4.07. The third kappa shape index (κ3) is 2.97. The first-order valence-electron chi connectivity index (χ1n) is 7.27. The average Bonchev–Trinajstić information content (AvgIpc) is 2.65. The highest BCUT2D eigenvalue weighted by molar-refractivity contribution is 9.10. The third-order valence-corrected chi connectivity index (χ3v) is 4.66. The van der Waals surface area contributed by atoms with Crippen molar-refractivity contribution < 1.29 is 4.74 Å². The van der Waals surface area contributed by atoms with E-state index in [0.29, 0.717) is 6.04 Å². The first-order valence-corrected chi connectivity index (χ1v) is 8.06. The van der Waals surface area contributed by atoms with Gasteiger partial charge in [0.05, 0.1) is 4.47 Å². The van der Waals surface area contributed by atoms with Gasteiger partial charge in [0.25, 0.3) is 0 Å². The number of nitrogens with one attached hydrogen (secondary N) is 1. The minimum atomic E-state index is -0.0629. The Bertz CT molecular complexity index is 478. The Morgan fingerprint density at radius 2 is 2.21 bits per heavy atom. The van der Waals surface area contributed by atoms with E-state index in [0.717, 1.165) is 23.1 Å². The van der Waals surface area contributed by atoms with Crippen molar-refractivity contribution >= 4 is 15.9 Å². The van der Waals surface area contributed by atoms with Crippen LogP contribution in [0.4, 0.5) is 0 Å². The molecule has 0 spiro atoms. The monoisotopic (exact) mass is 323 g/mol. The molecule has 1 saturated heterocycles. The second-order valence-electron chi connectivity index (χ2n) is 6.46. The van der Waals surface area contributed by atoms with Crippen LogP contribution in [-0.4, -0.2) is 18.2 Å². The highest BCUT2D eigenvalue weighted by Crippen LogP contribution is 2.41. The lowest BCUT2D eigenvalue weighted by Gasteiger charge is -2.23. The summed E-state index contributed by atoms with van der Waals surface area (Å²) in [6.07, 6.45) is 6.13. The van der Waals surface area contributed by atoms with Crippen LogP contribution in [0.3, 0.4) is 0 Å². The molecule has 1 atom stereocenters. The van der Waals surface area contributed by atoms with Crippen LogP contribution in [0, 0.1) is 0 Å². The molecular weight excluding hydrogens is 302 g/mol. The number of benzene rings is 1. The van der Waals surface area contributed by atoms with Crippen LogP contribution in [0.25, 0.3) is 0 Å². The number of ether oxygens (including phenoxy) is 1. The second kappa shape index (κ2) is 5.10. The molecule has 2 aliphatic rings. The lowest BCUT2D eigenvalue weighted by atomic mass is 9.95. The molecule has 104 valence electrons. The van der Waals surface area contributed by atoms with Crippen LogP contribution in [0.5, 0.6) is 5.75 Å². The lowest BCUT2D eigenvalue weighted by molar-refractivity contribution is 0.137. The van der Waals surface area contributed by atoms with Gasteiger partial charge >= 0.3 is 0 Å². The summed E-state index contributed by atoms with van der Waals surface area (Å²) in [6, 6.07) is 5.22. The molecule has 1 aromatic carbocycles. The zero-order chi connectivity index (χ0) is 13.5. The van der Waals surface area contributed by atoms with E-state index in [1.54, 1.807) is 0 Å². The fourth-order valence-electron chi connectivity index (χ4n) is 3.23. The zero-order valence-corrected chi connectivity index (χ0v) is 13.3. The average molecular weight is 324 g/mol. The summed E-state index contributed by atoms with van der Waals surface area (Å²) >= 11 is 3.67. The fraction of sp³-hybridized carbons (Fsp3) is 0.625. The van der Waals surface area contributed by atoms with Crippen molar-refractivity contribution in [2.24, 2.45) is 0 Å². The molecule has 1 unspecified atom stereocenters. The Labute approximate surface area is 124 Å². The fourth-order valence-corrected chi connectivity index (χ4v) is 3.86. The molecule has 3 rings (SSSR count). The Balaban J connectivity index is 1.79. The summed E-state index contributed by atoms with van der Waals surface area (Å²) in [6.45, 7) is 5.48. The Hall–Kier alpha value is -0.540. The molecule has 0 amide bonds. The molecule has 0 saturated carbocycles. The molecule has 0 radical (unpaired) electrons. The molecule has 3 heteroatoms. The van der Waals surface area contributed by atoms with E-state index in [4.69, 9.17) is 4.74 Å². The number of hydrogen-bond donors (Lipinski definition) is 1. The minimum Gasteiger partial charge on any atom is -0.486 e. The minimum absolute atomic E-state index is 0.0629. The van der Waals surface area contributed by atoms with E-state index < -0.39 is 0 Å². The summed E-state index contributed by atoms with van der Waals surface area (Å²) in [5, 5.41) is 3.62. The Morgan fingerprint density at radius 3 is 2.95 bits per heavy atom. The number of hydrogen-bond acceptors (Lipinski definition) is 2. The molecular formula is C16H22BrNO. The molecule has 0 aromatic heterocycles. The van der Waals surface area contributed by atoms with Crippen molar-refractivity contribution in [1.29, 1.82) is 0 Å². The van der Waals surface area contributed by atoms with Crippen molar-refractivity contribution in [2.75, 3.05) is 6.54 Å². The quantitative estimate of drug-likeness (QED) is 0.892. The molecule has 0 bridgehead atoms. The summed E-state index contributed by atoms with van der Waals surface area (Å²) in [5.41, 5.74) is 2.71. The highest BCUT2D eigenvalue weighted by atomic mass is 79.9. The second-order valence-corrected chi connectivity index (χ2v) is 7.31. The predicted octanol–water partition coefficient (Wildman–Crippen LogP) is 3.85. The van der Waals surface area contributed by atoms with Crippen LogP contribution in [0.1, 0.15) is 44.2 Å².